The van der Waals surface area contributed by atoms with Gasteiger partial charge in [0.1, 0.15) is 0 Å². The van der Waals surface area contributed by atoms with Crippen LogP contribution in [0.25, 0.3) is 10.9 Å². The molecular formula is C18H25N3OS. The van der Waals surface area contributed by atoms with Gasteiger partial charge in [-0.1, -0.05) is 37.2 Å². The Labute approximate surface area is 141 Å². The first-order valence-electron chi connectivity index (χ1n) is 8.64. The molecule has 0 bridgehead atoms. The fourth-order valence-electron chi connectivity index (χ4n) is 3.13. The van der Waals surface area contributed by atoms with Crippen molar-refractivity contribution in [2.24, 2.45) is 0 Å². The summed E-state index contributed by atoms with van der Waals surface area (Å²) in [5.41, 5.74) is 0.906. The van der Waals surface area contributed by atoms with E-state index in [0.717, 1.165) is 41.3 Å². The standard InChI is InChI=1S/C18H25N3OS/c1-2-10-21-17(22)15-8-4-5-9-16(15)19-18(21)23-14-13-20-11-6-3-7-12-20/h4-5,8-9H,2-3,6-7,10-14H2,1H3. The lowest BCUT2D eigenvalue weighted by Crippen LogP contribution is -2.31. The van der Waals surface area contributed by atoms with Crippen molar-refractivity contribution in [2.45, 2.75) is 44.3 Å². The number of hydrogen-bond donors (Lipinski definition) is 0. The first kappa shape index (κ1) is 16.5. The lowest BCUT2D eigenvalue weighted by Gasteiger charge is -2.26. The molecule has 1 aliphatic heterocycles. The number of aromatic nitrogens is 2. The van der Waals surface area contributed by atoms with Crippen LogP contribution >= 0.6 is 11.8 Å². The summed E-state index contributed by atoms with van der Waals surface area (Å²) in [6.07, 6.45) is 4.95. The van der Waals surface area contributed by atoms with Crippen molar-refractivity contribution in [3.63, 3.8) is 0 Å². The van der Waals surface area contributed by atoms with Gasteiger partial charge in [0.05, 0.1) is 10.9 Å². The number of likely N-dealkylation sites (tertiary alicyclic amines) is 1. The maximum absolute atomic E-state index is 12.7. The van der Waals surface area contributed by atoms with Crippen LogP contribution in [0.1, 0.15) is 32.6 Å². The fourth-order valence-corrected chi connectivity index (χ4v) is 4.15. The van der Waals surface area contributed by atoms with E-state index >= 15 is 0 Å². The van der Waals surface area contributed by atoms with Crippen molar-refractivity contribution in [1.82, 2.24) is 14.5 Å². The third-order valence-corrected chi connectivity index (χ3v) is 5.32. The number of fused-ring (bicyclic) bond motifs is 1. The van der Waals surface area contributed by atoms with Gasteiger partial charge in [-0.15, -0.1) is 0 Å². The summed E-state index contributed by atoms with van der Waals surface area (Å²) in [4.78, 5) is 20.0. The van der Waals surface area contributed by atoms with Crippen LogP contribution in [0.4, 0.5) is 0 Å². The zero-order valence-electron chi connectivity index (χ0n) is 13.8. The van der Waals surface area contributed by atoms with Crippen molar-refractivity contribution in [3.05, 3.63) is 34.6 Å². The lowest BCUT2D eigenvalue weighted by atomic mass is 10.1. The largest absolute Gasteiger partial charge is 0.303 e. The van der Waals surface area contributed by atoms with Crippen LogP contribution in [-0.4, -0.2) is 39.8 Å². The number of benzene rings is 1. The zero-order chi connectivity index (χ0) is 16.1. The Morgan fingerprint density at radius 2 is 1.91 bits per heavy atom. The van der Waals surface area contributed by atoms with Crippen molar-refractivity contribution < 1.29 is 0 Å². The maximum atomic E-state index is 12.7. The second-order valence-corrected chi connectivity index (χ2v) is 7.18. The van der Waals surface area contributed by atoms with Gasteiger partial charge < -0.3 is 4.90 Å². The van der Waals surface area contributed by atoms with Crippen LogP contribution in [0.15, 0.2) is 34.2 Å². The molecule has 0 amide bonds. The lowest BCUT2D eigenvalue weighted by molar-refractivity contribution is 0.242. The molecule has 1 aromatic carbocycles. The highest BCUT2D eigenvalue weighted by Crippen LogP contribution is 2.19. The Morgan fingerprint density at radius 1 is 1.13 bits per heavy atom. The summed E-state index contributed by atoms with van der Waals surface area (Å²) in [5.74, 6) is 0.995. The number of para-hydroxylation sites is 1. The summed E-state index contributed by atoms with van der Waals surface area (Å²) in [5, 5.41) is 1.59. The summed E-state index contributed by atoms with van der Waals surface area (Å²) < 4.78 is 1.85. The first-order valence-corrected chi connectivity index (χ1v) is 9.63. The van der Waals surface area contributed by atoms with Crippen molar-refractivity contribution in [2.75, 3.05) is 25.4 Å². The highest BCUT2D eigenvalue weighted by Gasteiger charge is 2.13. The number of nitrogens with zero attached hydrogens (tertiary/aromatic N) is 3. The number of hydrogen-bond acceptors (Lipinski definition) is 4. The van der Waals surface area contributed by atoms with Crippen LogP contribution in [0.3, 0.4) is 0 Å². The highest BCUT2D eigenvalue weighted by molar-refractivity contribution is 7.99. The average molecular weight is 331 g/mol. The van der Waals surface area contributed by atoms with Gasteiger partial charge in [-0.2, -0.15) is 0 Å². The Kier molecular flexibility index (Phi) is 5.73. The van der Waals surface area contributed by atoms with Crippen LogP contribution < -0.4 is 5.56 Å². The minimum atomic E-state index is 0.0953. The Morgan fingerprint density at radius 3 is 2.70 bits per heavy atom. The van der Waals surface area contributed by atoms with Gasteiger partial charge in [-0.25, -0.2) is 4.98 Å². The molecule has 1 aliphatic rings. The minimum Gasteiger partial charge on any atom is -0.303 e. The summed E-state index contributed by atoms with van der Waals surface area (Å²) in [6, 6.07) is 7.66. The number of rotatable bonds is 6. The van der Waals surface area contributed by atoms with Gasteiger partial charge in [-0.3, -0.25) is 9.36 Å². The molecule has 124 valence electrons. The normalized spacial score (nSPS) is 16.0. The molecule has 2 aromatic rings. The molecule has 3 rings (SSSR count). The van der Waals surface area contributed by atoms with E-state index in [-0.39, 0.29) is 5.56 Å². The molecule has 0 radical (unpaired) electrons. The quantitative estimate of drug-likeness (QED) is 0.601. The van der Waals surface area contributed by atoms with Crippen LogP contribution in [0, 0.1) is 0 Å². The van der Waals surface area contributed by atoms with E-state index in [4.69, 9.17) is 4.98 Å². The van der Waals surface area contributed by atoms with Gasteiger partial charge in [0, 0.05) is 18.8 Å². The van der Waals surface area contributed by atoms with Gasteiger partial charge in [0.2, 0.25) is 0 Å². The molecule has 23 heavy (non-hydrogen) atoms. The summed E-state index contributed by atoms with van der Waals surface area (Å²) >= 11 is 1.72. The molecule has 0 aliphatic carbocycles. The van der Waals surface area contributed by atoms with E-state index in [9.17, 15) is 4.79 Å². The molecule has 0 atom stereocenters. The van der Waals surface area contributed by atoms with Crippen LogP contribution in [0.2, 0.25) is 0 Å². The zero-order valence-corrected chi connectivity index (χ0v) is 14.6. The molecule has 1 fully saturated rings. The molecular weight excluding hydrogens is 306 g/mol. The molecule has 0 N–H and O–H groups in total. The van der Waals surface area contributed by atoms with Crippen molar-refractivity contribution in [3.8, 4) is 0 Å². The Bertz CT molecular complexity index is 707. The van der Waals surface area contributed by atoms with Crippen LogP contribution in [-0.2, 0) is 6.54 Å². The first-order chi connectivity index (χ1) is 11.3. The number of piperidine rings is 1. The highest BCUT2D eigenvalue weighted by atomic mass is 32.2. The predicted molar refractivity (Wildman–Crippen MR) is 97.3 cm³/mol. The molecule has 1 saturated heterocycles. The minimum absolute atomic E-state index is 0.0953. The number of thioether (sulfide) groups is 1. The van der Waals surface area contributed by atoms with E-state index in [0.29, 0.717) is 0 Å². The Balaban J connectivity index is 1.78. The molecule has 5 heteroatoms. The molecule has 0 spiro atoms. The molecule has 1 aromatic heterocycles. The predicted octanol–water partition coefficient (Wildman–Crippen LogP) is 3.38. The van der Waals surface area contributed by atoms with Gasteiger partial charge in [0.15, 0.2) is 5.16 Å². The van der Waals surface area contributed by atoms with Crippen LogP contribution in [0.5, 0.6) is 0 Å². The monoisotopic (exact) mass is 331 g/mol. The summed E-state index contributed by atoms with van der Waals surface area (Å²) in [7, 11) is 0. The smallest absolute Gasteiger partial charge is 0.262 e. The van der Waals surface area contributed by atoms with Gasteiger partial charge >= 0.3 is 0 Å². The average Bonchev–Trinajstić information content (AvgIpc) is 2.59. The SMILES string of the molecule is CCCn1c(SCCN2CCCCC2)nc2ccccc2c1=O. The topological polar surface area (TPSA) is 38.1 Å². The van der Waals surface area contributed by atoms with Gasteiger partial charge in [-0.05, 0) is 44.5 Å². The van der Waals surface area contributed by atoms with E-state index in [2.05, 4.69) is 11.8 Å². The van der Waals surface area contributed by atoms with E-state index in [1.54, 1.807) is 11.8 Å². The Hall–Kier alpha value is -1.33. The third-order valence-electron chi connectivity index (χ3n) is 4.36. The molecule has 0 saturated carbocycles. The second kappa shape index (κ2) is 7.97. The van der Waals surface area contributed by atoms with E-state index in [1.807, 2.05) is 28.8 Å². The fraction of sp³-hybridized carbons (Fsp3) is 0.556. The summed E-state index contributed by atoms with van der Waals surface area (Å²) in [6.45, 7) is 6.35. The van der Waals surface area contributed by atoms with E-state index in [1.165, 1.54) is 32.4 Å². The molecule has 4 nitrogen and oxygen atoms in total. The maximum Gasteiger partial charge on any atom is 0.262 e. The van der Waals surface area contributed by atoms with Crippen molar-refractivity contribution in [1.29, 1.82) is 0 Å². The molecule has 0 unspecified atom stereocenters. The van der Waals surface area contributed by atoms with Gasteiger partial charge in [0.25, 0.3) is 5.56 Å². The second-order valence-electron chi connectivity index (χ2n) is 6.12. The van der Waals surface area contributed by atoms with Crippen molar-refractivity contribution >= 4 is 22.7 Å². The van der Waals surface area contributed by atoms with E-state index < -0.39 is 0 Å². The molecule has 2 heterocycles. The third kappa shape index (κ3) is 3.96.